The summed E-state index contributed by atoms with van der Waals surface area (Å²) < 4.78 is 0. The van der Waals surface area contributed by atoms with Gasteiger partial charge in [0, 0.05) is 22.3 Å². The van der Waals surface area contributed by atoms with E-state index in [0.717, 1.165) is 29.1 Å². The summed E-state index contributed by atoms with van der Waals surface area (Å²) in [5.74, 6) is 0.610. The summed E-state index contributed by atoms with van der Waals surface area (Å²) in [7, 11) is 0. The Balaban J connectivity index is 1.61. The lowest BCUT2D eigenvalue weighted by molar-refractivity contribution is 0.199. The molecular formula is C18H20ClNO. The number of benzene rings is 2. The Morgan fingerprint density at radius 1 is 1.10 bits per heavy atom. The topological polar surface area (TPSA) is 32.3 Å². The van der Waals surface area contributed by atoms with E-state index >= 15 is 0 Å². The highest BCUT2D eigenvalue weighted by atomic mass is 35.5. The Morgan fingerprint density at radius 2 is 1.76 bits per heavy atom. The zero-order chi connectivity index (χ0) is 14.8. The van der Waals surface area contributed by atoms with E-state index in [2.05, 4.69) is 17.4 Å². The van der Waals surface area contributed by atoms with Gasteiger partial charge in [0.1, 0.15) is 0 Å². The maximum atomic E-state index is 9.81. The molecule has 1 fully saturated rings. The molecule has 3 rings (SSSR count). The maximum absolute atomic E-state index is 9.81. The largest absolute Gasteiger partial charge is 0.389 e. The van der Waals surface area contributed by atoms with E-state index in [0.29, 0.717) is 12.0 Å². The smallest absolute Gasteiger partial charge is 0.0781 e. The average molecular weight is 302 g/mol. The van der Waals surface area contributed by atoms with E-state index in [1.807, 2.05) is 36.4 Å². The summed E-state index contributed by atoms with van der Waals surface area (Å²) >= 11 is 5.92. The van der Waals surface area contributed by atoms with Gasteiger partial charge in [0.2, 0.25) is 0 Å². The standard InChI is InChI=1S/C18H20ClNO/c1-12(21)17-4-2-3-5-18(17)20-16-10-14(11-16)13-6-8-15(19)9-7-13/h2-9,12,14,16,20-21H,10-11H2,1H3. The first-order valence-electron chi connectivity index (χ1n) is 7.42. The van der Waals surface area contributed by atoms with Crippen molar-refractivity contribution in [1.82, 2.24) is 0 Å². The molecule has 0 amide bonds. The van der Waals surface area contributed by atoms with Crippen LogP contribution in [0, 0.1) is 0 Å². The molecule has 21 heavy (non-hydrogen) atoms. The number of rotatable bonds is 4. The molecule has 1 aliphatic carbocycles. The second kappa shape index (κ2) is 6.08. The lowest BCUT2D eigenvalue weighted by Gasteiger charge is -2.37. The maximum Gasteiger partial charge on any atom is 0.0781 e. The molecule has 0 heterocycles. The molecule has 1 unspecified atom stereocenters. The number of para-hydroxylation sites is 1. The third-order valence-corrected chi connectivity index (χ3v) is 4.50. The second-order valence-corrected chi connectivity index (χ2v) is 6.26. The Morgan fingerprint density at radius 3 is 2.43 bits per heavy atom. The average Bonchev–Trinajstić information content (AvgIpc) is 2.44. The number of aliphatic hydroxyl groups excluding tert-OH is 1. The Kier molecular flexibility index (Phi) is 4.18. The van der Waals surface area contributed by atoms with Crippen molar-refractivity contribution in [3.05, 3.63) is 64.7 Å². The minimum Gasteiger partial charge on any atom is -0.389 e. The molecule has 110 valence electrons. The van der Waals surface area contributed by atoms with Gasteiger partial charge in [-0.3, -0.25) is 0 Å². The van der Waals surface area contributed by atoms with Gasteiger partial charge in [-0.05, 0) is 49.4 Å². The predicted molar refractivity (Wildman–Crippen MR) is 87.9 cm³/mol. The van der Waals surface area contributed by atoms with Crippen LogP contribution in [0.4, 0.5) is 5.69 Å². The molecule has 2 aromatic carbocycles. The highest BCUT2D eigenvalue weighted by molar-refractivity contribution is 6.30. The van der Waals surface area contributed by atoms with Gasteiger partial charge < -0.3 is 10.4 Å². The molecule has 0 saturated heterocycles. The zero-order valence-corrected chi connectivity index (χ0v) is 12.8. The summed E-state index contributed by atoms with van der Waals surface area (Å²) in [6.07, 6.45) is 1.80. The summed E-state index contributed by atoms with van der Waals surface area (Å²) in [6, 6.07) is 16.6. The van der Waals surface area contributed by atoms with E-state index in [1.165, 1.54) is 5.56 Å². The molecule has 1 saturated carbocycles. The highest BCUT2D eigenvalue weighted by Gasteiger charge is 2.30. The van der Waals surface area contributed by atoms with Crippen molar-refractivity contribution >= 4 is 17.3 Å². The van der Waals surface area contributed by atoms with E-state index in [-0.39, 0.29) is 0 Å². The number of hydrogen-bond donors (Lipinski definition) is 2. The lowest BCUT2D eigenvalue weighted by Crippen LogP contribution is -2.34. The molecule has 0 radical (unpaired) electrons. The van der Waals surface area contributed by atoms with E-state index in [4.69, 9.17) is 11.6 Å². The SMILES string of the molecule is CC(O)c1ccccc1NC1CC(c2ccc(Cl)cc2)C1. The van der Waals surface area contributed by atoms with Crippen LogP contribution in [-0.4, -0.2) is 11.1 Å². The van der Waals surface area contributed by atoms with Gasteiger partial charge in [-0.25, -0.2) is 0 Å². The summed E-state index contributed by atoms with van der Waals surface area (Å²) in [5, 5.41) is 14.2. The fraction of sp³-hybridized carbons (Fsp3) is 0.333. The number of halogens is 1. The van der Waals surface area contributed by atoms with Crippen LogP contribution < -0.4 is 5.32 Å². The Hall–Kier alpha value is -1.51. The van der Waals surface area contributed by atoms with Crippen LogP contribution in [0.25, 0.3) is 0 Å². The normalized spacial score (nSPS) is 22.4. The van der Waals surface area contributed by atoms with Gasteiger partial charge in [-0.15, -0.1) is 0 Å². The van der Waals surface area contributed by atoms with Gasteiger partial charge in [-0.2, -0.15) is 0 Å². The molecule has 3 heteroatoms. The predicted octanol–water partition coefficient (Wildman–Crippen LogP) is 4.75. The van der Waals surface area contributed by atoms with E-state index in [9.17, 15) is 5.11 Å². The van der Waals surface area contributed by atoms with Crippen molar-refractivity contribution in [2.45, 2.75) is 37.8 Å². The first kappa shape index (κ1) is 14.4. The van der Waals surface area contributed by atoms with Gasteiger partial charge in [-0.1, -0.05) is 41.9 Å². The van der Waals surface area contributed by atoms with Crippen molar-refractivity contribution in [2.75, 3.05) is 5.32 Å². The van der Waals surface area contributed by atoms with Crippen molar-refractivity contribution in [2.24, 2.45) is 0 Å². The van der Waals surface area contributed by atoms with Gasteiger partial charge in [0.15, 0.2) is 0 Å². The van der Waals surface area contributed by atoms with Gasteiger partial charge in [0.05, 0.1) is 6.10 Å². The third kappa shape index (κ3) is 3.22. The zero-order valence-electron chi connectivity index (χ0n) is 12.1. The molecule has 2 N–H and O–H groups in total. The summed E-state index contributed by atoms with van der Waals surface area (Å²) in [4.78, 5) is 0. The first-order valence-corrected chi connectivity index (χ1v) is 7.80. The molecule has 2 aromatic rings. The lowest BCUT2D eigenvalue weighted by atomic mass is 9.75. The van der Waals surface area contributed by atoms with Crippen LogP contribution in [0.15, 0.2) is 48.5 Å². The van der Waals surface area contributed by atoms with Crippen LogP contribution >= 0.6 is 11.6 Å². The Bertz CT molecular complexity index is 603. The fourth-order valence-corrected chi connectivity index (χ4v) is 3.08. The highest BCUT2D eigenvalue weighted by Crippen LogP contribution is 2.39. The number of hydrogen-bond acceptors (Lipinski definition) is 2. The van der Waals surface area contributed by atoms with Gasteiger partial charge in [0.25, 0.3) is 0 Å². The molecular weight excluding hydrogens is 282 g/mol. The molecule has 2 nitrogen and oxygen atoms in total. The minimum absolute atomic E-state index is 0.444. The molecule has 1 aliphatic rings. The van der Waals surface area contributed by atoms with E-state index in [1.54, 1.807) is 6.92 Å². The van der Waals surface area contributed by atoms with Gasteiger partial charge >= 0.3 is 0 Å². The Labute approximate surface area is 130 Å². The van der Waals surface area contributed by atoms with Crippen LogP contribution in [0.2, 0.25) is 5.02 Å². The molecule has 0 aliphatic heterocycles. The fourth-order valence-electron chi connectivity index (χ4n) is 2.96. The third-order valence-electron chi connectivity index (χ3n) is 4.25. The quantitative estimate of drug-likeness (QED) is 0.854. The van der Waals surface area contributed by atoms with Crippen LogP contribution in [0.5, 0.6) is 0 Å². The number of anilines is 1. The monoisotopic (exact) mass is 301 g/mol. The molecule has 0 bridgehead atoms. The molecule has 0 aromatic heterocycles. The molecule has 1 atom stereocenters. The number of aliphatic hydroxyl groups is 1. The van der Waals surface area contributed by atoms with Crippen molar-refractivity contribution in [3.8, 4) is 0 Å². The van der Waals surface area contributed by atoms with Crippen LogP contribution in [0.1, 0.15) is 42.9 Å². The summed E-state index contributed by atoms with van der Waals surface area (Å²) in [6.45, 7) is 1.80. The number of nitrogens with one attached hydrogen (secondary N) is 1. The van der Waals surface area contributed by atoms with E-state index < -0.39 is 6.10 Å². The minimum atomic E-state index is -0.444. The van der Waals surface area contributed by atoms with Crippen LogP contribution in [-0.2, 0) is 0 Å². The first-order chi connectivity index (χ1) is 10.1. The van der Waals surface area contributed by atoms with Crippen molar-refractivity contribution < 1.29 is 5.11 Å². The molecule has 0 spiro atoms. The summed E-state index contributed by atoms with van der Waals surface area (Å²) in [5.41, 5.74) is 3.38. The second-order valence-electron chi connectivity index (χ2n) is 5.82. The van der Waals surface area contributed by atoms with Crippen molar-refractivity contribution in [3.63, 3.8) is 0 Å². The van der Waals surface area contributed by atoms with Crippen molar-refractivity contribution in [1.29, 1.82) is 0 Å². The van der Waals surface area contributed by atoms with Crippen LogP contribution in [0.3, 0.4) is 0 Å².